The standard InChI is InChI=1S/C15H19BrN2O4S/c1-15(2,3)22-14(21)12-8(6-10(16)23-12)7-17-9-4-5-11(19)18-13(9)20/h6,9,17H,4-5,7H2,1-3H3,(H,18,19,20). The van der Waals surface area contributed by atoms with Gasteiger partial charge in [0.25, 0.3) is 0 Å². The topological polar surface area (TPSA) is 84.5 Å². The van der Waals surface area contributed by atoms with Crippen molar-refractivity contribution >= 4 is 45.1 Å². The van der Waals surface area contributed by atoms with Crippen molar-refractivity contribution < 1.29 is 19.1 Å². The van der Waals surface area contributed by atoms with E-state index in [2.05, 4.69) is 26.6 Å². The zero-order valence-electron chi connectivity index (χ0n) is 13.2. The lowest BCUT2D eigenvalue weighted by atomic mass is 10.1. The molecule has 8 heteroatoms. The molecule has 2 rings (SSSR count). The second kappa shape index (κ2) is 7.11. The van der Waals surface area contributed by atoms with Crippen molar-refractivity contribution in [2.75, 3.05) is 0 Å². The number of amides is 2. The van der Waals surface area contributed by atoms with Crippen LogP contribution in [0.25, 0.3) is 0 Å². The van der Waals surface area contributed by atoms with Crippen molar-refractivity contribution in [2.24, 2.45) is 0 Å². The van der Waals surface area contributed by atoms with E-state index in [0.717, 1.165) is 9.35 Å². The van der Waals surface area contributed by atoms with Crippen LogP contribution in [0.1, 0.15) is 48.8 Å². The second-order valence-electron chi connectivity index (χ2n) is 6.29. The van der Waals surface area contributed by atoms with E-state index in [-0.39, 0.29) is 17.8 Å². The summed E-state index contributed by atoms with van der Waals surface area (Å²) in [5.74, 6) is -0.955. The molecule has 1 fully saturated rings. The maximum Gasteiger partial charge on any atom is 0.349 e. The van der Waals surface area contributed by atoms with Gasteiger partial charge in [0, 0.05) is 13.0 Å². The number of imide groups is 1. The number of piperidine rings is 1. The second-order valence-corrected chi connectivity index (χ2v) is 8.72. The summed E-state index contributed by atoms with van der Waals surface area (Å²) >= 11 is 4.67. The number of nitrogens with one attached hydrogen (secondary N) is 2. The van der Waals surface area contributed by atoms with E-state index in [9.17, 15) is 14.4 Å². The van der Waals surface area contributed by atoms with Crippen LogP contribution in [0, 0.1) is 0 Å². The number of hydrogen-bond donors (Lipinski definition) is 2. The summed E-state index contributed by atoms with van der Waals surface area (Å²) in [6.07, 6.45) is 0.771. The van der Waals surface area contributed by atoms with E-state index in [1.807, 2.05) is 26.8 Å². The molecule has 1 unspecified atom stereocenters. The largest absolute Gasteiger partial charge is 0.456 e. The summed E-state index contributed by atoms with van der Waals surface area (Å²) in [6.45, 7) is 5.79. The Labute approximate surface area is 147 Å². The number of carbonyl (C=O) groups excluding carboxylic acids is 3. The zero-order chi connectivity index (χ0) is 17.2. The van der Waals surface area contributed by atoms with Crippen molar-refractivity contribution in [1.29, 1.82) is 0 Å². The molecule has 2 amide bonds. The van der Waals surface area contributed by atoms with Gasteiger partial charge in [0.1, 0.15) is 10.5 Å². The number of halogens is 1. The summed E-state index contributed by atoms with van der Waals surface area (Å²) in [5.41, 5.74) is 0.197. The zero-order valence-corrected chi connectivity index (χ0v) is 15.6. The first-order valence-electron chi connectivity index (χ1n) is 7.24. The lowest BCUT2D eigenvalue weighted by molar-refractivity contribution is -0.134. The van der Waals surface area contributed by atoms with Gasteiger partial charge in [-0.3, -0.25) is 14.9 Å². The monoisotopic (exact) mass is 402 g/mol. The average Bonchev–Trinajstić information content (AvgIpc) is 2.77. The highest BCUT2D eigenvalue weighted by atomic mass is 79.9. The number of rotatable bonds is 4. The van der Waals surface area contributed by atoms with Crippen molar-refractivity contribution in [3.05, 3.63) is 20.3 Å². The molecule has 0 bridgehead atoms. The van der Waals surface area contributed by atoms with E-state index >= 15 is 0 Å². The molecule has 2 N–H and O–H groups in total. The van der Waals surface area contributed by atoms with Gasteiger partial charge in [-0.05, 0) is 54.8 Å². The van der Waals surface area contributed by atoms with Crippen LogP contribution in [0.4, 0.5) is 0 Å². The molecule has 0 radical (unpaired) electrons. The highest BCUT2D eigenvalue weighted by molar-refractivity contribution is 9.11. The van der Waals surface area contributed by atoms with Gasteiger partial charge in [-0.1, -0.05) is 0 Å². The van der Waals surface area contributed by atoms with Gasteiger partial charge in [-0.2, -0.15) is 0 Å². The molecule has 1 aliphatic heterocycles. The number of carbonyl (C=O) groups is 3. The van der Waals surface area contributed by atoms with Crippen LogP contribution in [-0.4, -0.2) is 29.4 Å². The van der Waals surface area contributed by atoms with Crippen LogP contribution in [0.2, 0.25) is 0 Å². The Hall–Kier alpha value is -1.25. The van der Waals surface area contributed by atoms with E-state index in [4.69, 9.17) is 4.74 Å². The smallest absolute Gasteiger partial charge is 0.349 e. The van der Waals surface area contributed by atoms with Crippen LogP contribution >= 0.6 is 27.3 Å². The fourth-order valence-electron chi connectivity index (χ4n) is 2.15. The third kappa shape index (κ3) is 5.12. The van der Waals surface area contributed by atoms with Gasteiger partial charge < -0.3 is 10.1 Å². The molecule has 1 aromatic heterocycles. The number of thiophene rings is 1. The molecule has 0 aromatic carbocycles. The van der Waals surface area contributed by atoms with Crippen molar-refractivity contribution in [2.45, 2.75) is 51.8 Å². The average molecular weight is 403 g/mol. The SMILES string of the molecule is CC(C)(C)OC(=O)c1sc(Br)cc1CNC1CCC(=O)NC1=O. The predicted molar refractivity (Wildman–Crippen MR) is 90.2 cm³/mol. The highest BCUT2D eigenvalue weighted by Crippen LogP contribution is 2.29. The quantitative estimate of drug-likeness (QED) is 0.596. The maximum absolute atomic E-state index is 12.3. The minimum absolute atomic E-state index is 0.249. The molecule has 23 heavy (non-hydrogen) atoms. The lowest BCUT2D eigenvalue weighted by Crippen LogP contribution is -2.50. The van der Waals surface area contributed by atoms with E-state index in [1.54, 1.807) is 0 Å². The molecule has 1 atom stereocenters. The van der Waals surface area contributed by atoms with Crippen LogP contribution in [0.5, 0.6) is 0 Å². The Morgan fingerprint density at radius 1 is 1.48 bits per heavy atom. The summed E-state index contributed by atoms with van der Waals surface area (Å²) in [6, 6.07) is 1.40. The Balaban J connectivity index is 2.04. The first-order chi connectivity index (χ1) is 10.7. The molecular formula is C15H19BrN2O4S. The van der Waals surface area contributed by atoms with Crippen LogP contribution in [0.3, 0.4) is 0 Å². The maximum atomic E-state index is 12.3. The molecule has 0 saturated carbocycles. The van der Waals surface area contributed by atoms with Gasteiger partial charge in [-0.15, -0.1) is 11.3 Å². The minimum atomic E-state index is -0.568. The van der Waals surface area contributed by atoms with Gasteiger partial charge in [0.15, 0.2) is 0 Å². The molecule has 1 aliphatic rings. The van der Waals surface area contributed by atoms with Gasteiger partial charge in [0.05, 0.1) is 9.83 Å². The Morgan fingerprint density at radius 2 is 2.17 bits per heavy atom. The number of ether oxygens (including phenoxy) is 1. The van der Waals surface area contributed by atoms with E-state index < -0.39 is 11.6 Å². The molecular weight excluding hydrogens is 384 g/mol. The summed E-state index contributed by atoms with van der Waals surface area (Å²) in [4.78, 5) is 35.7. The first-order valence-corrected chi connectivity index (χ1v) is 8.85. The molecule has 0 aliphatic carbocycles. The fraction of sp³-hybridized carbons (Fsp3) is 0.533. The first kappa shape index (κ1) is 18.1. The molecule has 0 spiro atoms. The van der Waals surface area contributed by atoms with E-state index in [1.165, 1.54) is 11.3 Å². The van der Waals surface area contributed by atoms with Gasteiger partial charge >= 0.3 is 5.97 Å². The number of esters is 1. The summed E-state index contributed by atoms with van der Waals surface area (Å²) in [5, 5.41) is 5.39. The van der Waals surface area contributed by atoms with Gasteiger partial charge in [0.2, 0.25) is 11.8 Å². The van der Waals surface area contributed by atoms with E-state index in [0.29, 0.717) is 24.3 Å². The normalized spacial score (nSPS) is 18.7. The van der Waals surface area contributed by atoms with Gasteiger partial charge in [-0.25, -0.2) is 4.79 Å². The minimum Gasteiger partial charge on any atom is -0.456 e. The summed E-state index contributed by atoms with van der Waals surface area (Å²) < 4.78 is 6.22. The Bertz CT molecular complexity index is 636. The summed E-state index contributed by atoms with van der Waals surface area (Å²) in [7, 11) is 0. The van der Waals surface area contributed by atoms with Crippen molar-refractivity contribution in [3.63, 3.8) is 0 Å². The van der Waals surface area contributed by atoms with Crippen molar-refractivity contribution in [1.82, 2.24) is 10.6 Å². The predicted octanol–water partition coefficient (Wildman–Crippen LogP) is 2.36. The molecule has 126 valence electrons. The lowest BCUT2D eigenvalue weighted by Gasteiger charge is -2.22. The Morgan fingerprint density at radius 3 is 2.78 bits per heavy atom. The fourth-order valence-corrected chi connectivity index (χ4v) is 3.69. The Kier molecular flexibility index (Phi) is 5.59. The van der Waals surface area contributed by atoms with Crippen molar-refractivity contribution in [3.8, 4) is 0 Å². The number of hydrogen-bond acceptors (Lipinski definition) is 6. The molecule has 6 nitrogen and oxygen atoms in total. The third-order valence-electron chi connectivity index (χ3n) is 3.14. The highest BCUT2D eigenvalue weighted by Gasteiger charge is 2.27. The third-order valence-corrected chi connectivity index (χ3v) is 4.80. The molecule has 1 saturated heterocycles. The van der Waals surface area contributed by atoms with Crippen LogP contribution in [0.15, 0.2) is 9.85 Å². The van der Waals surface area contributed by atoms with Crippen LogP contribution < -0.4 is 10.6 Å². The van der Waals surface area contributed by atoms with Crippen LogP contribution in [-0.2, 0) is 20.9 Å². The molecule has 2 heterocycles. The molecule has 1 aromatic rings.